The second kappa shape index (κ2) is 3.61. The number of halogens is 3. The van der Waals surface area contributed by atoms with Crippen LogP contribution in [-0.2, 0) is 4.79 Å². The summed E-state index contributed by atoms with van der Waals surface area (Å²) in [4.78, 5) is 11.7. The molecule has 92 valence electrons. The number of rotatable bonds is 2. The number of alkyl halides is 3. The SMILES string of the molecule is CC1CC1NC(=O)C1(C(F)(F)F)CCNC1. The summed E-state index contributed by atoms with van der Waals surface area (Å²) in [5, 5.41) is 5.12. The molecule has 0 radical (unpaired) electrons. The summed E-state index contributed by atoms with van der Waals surface area (Å²) in [5.41, 5.74) is -2.21. The van der Waals surface area contributed by atoms with Crippen molar-refractivity contribution in [3.05, 3.63) is 0 Å². The molecule has 0 aromatic rings. The lowest BCUT2D eigenvalue weighted by atomic mass is 9.85. The van der Waals surface area contributed by atoms with Gasteiger partial charge in [0.2, 0.25) is 5.91 Å². The van der Waals surface area contributed by atoms with Crippen molar-refractivity contribution in [3.8, 4) is 0 Å². The highest BCUT2D eigenvalue weighted by atomic mass is 19.4. The smallest absolute Gasteiger partial charge is 0.352 e. The van der Waals surface area contributed by atoms with Gasteiger partial charge in [-0.1, -0.05) is 6.92 Å². The normalized spacial score (nSPS) is 38.5. The lowest BCUT2D eigenvalue weighted by molar-refractivity contribution is -0.216. The fourth-order valence-corrected chi connectivity index (χ4v) is 2.09. The highest BCUT2D eigenvalue weighted by molar-refractivity contribution is 5.84. The molecule has 3 nitrogen and oxygen atoms in total. The maximum atomic E-state index is 12.9. The number of hydrogen-bond donors (Lipinski definition) is 2. The molecule has 0 aromatic carbocycles. The van der Waals surface area contributed by atoms with Crippen molar-refractivity contribution < 1.29 is 18.0 Å². The van der Waals surface area contributed by atoms with Gasteiger partial charge in [0.15, 0.2) is 5.41 Å². The molecular weight excluding hydrogens is 221 g/mol. The van der Waals surface area contributed by atoms with Crippen LogP contribution in [0.4, 0.5) is 13.2 Å². The van der Waals surface area contributed by atoms with Crippen LogP contribution in [-0.4, -0.2) is 31.2 Å². The Morgan fingerprint density at radius 2 is 2.12 bits per heavy atom. The second-order valence-corrected chi connectivity index (χ2v) is 4.80. The van der Waals surface area contributed by atoms with Crippen molar-refractivity contribution in [1.82, 2.24) is 10.6 Å². The van der Waals surface area contributed by atoms with Crippen LogP contribution in [0, 0.1) is 11.3 Å². The van der Waals surface area contributed by atoms with E-state index in [1.54, 1.807) is 0 Å². The molecule has 0 bridgehead atoms. The molecule has 1 heterocycles. The molecule has 3 unspecified atom stereocenters. The lowest BCUT2D eigenvalue weighted by Crippen LogP contribution is -2.52. The van der Waals surface area contributed by atoms with Crippen LogP contribution in [0.3, 0.4) is 0 Å². The largest absolute Gasteiger partial charge is 0.404 e. The zero-order chi connectivity index (χ0) is 12.0. The molecule has 2 rings (SSSR count). The Hall–Kier alpha value is -0.780. The van der Waals surface area contributed by atoms with Crippen LogP contribution in [0.2, 0.25) is 0 Å². The van der Waals surface area contributed by atoms with Crippen LogP contribution in [0.15, 0.2) is 0 Å². The van der Waals surface area contributed by atoms with Crippen molar-refractivity contribution >= 4 is 5.91 Å². The first-order chi connectivity index (χ1) is 7.37. The highest BCUT2D eigenvalue weighted by Crippen LogP contribution is 2.44. The maximum absolute atomic E-state index is 12.9. The Morgan fingerprint density at radius 3 is 2.50 bits per heavy atom. The summed E-state index contributed by atoms with van der Waals surface area (Å²) in [6.45, 7) is 1.86. The molecule has 1 aliphatic heterocycles. The first kappa shape index (κ1) is 11.7. The van der Waals surface area contributed by atoms with Crippen LogP contribution in [0.5, 0.6) is 0 Å². The van der Waals surface area contributed by atoms with Gasteiger partial charge in [0.05, 0.1) is 0 Å². The van der Waals surface area contributed by atoms with Gasteiger partial charge in [-0.25, -0.2) is 0 Å². The molecular formula is C10H15F3N2O. The third-order valence-electron chi connectivity index (χ3n) is 3.56. The Morgan fingerprint density at radius 1 is 1.50 bits per heavy atom. The van der Waals surface area contributed by atoms with E-state index < -0.39 is 17.5 Å². The Bertz CT molecular complexity index is 297. The van der Waals surface area contributed by atoms with Gasteiger partial charge in [0.1, 0.15) is 0 Å². The summed E-state index contributed by atoms with van der Waals surface area (Å²) in [7, 11) is 0. The Kier molecular flexibility index (Phi) is 2.64. The number of carbonyl (C=O) groups excluding carboxylic acids is 1. The predicted octanol–water partition coefficient (Wildman–Crippen LogP) is 1.05. The van der Waals surface area contributed by atoms with Crippen LogP contribution in [0.25, 0.3) is 0 Å². The van der Waals surface area contributed by atoms with E-state index in [0.29, 0.717) is 5.92 Å². The van der Waals surface area contributed by atoms with Crippen molar-refractivity contribution in [2.75, 3.05) is 13.1 Å². The van der Waals surface area contributed by atoms with E-state index in [1.165, 1.54) is 0 Å². The molecule has 0 spiro atoms. The van der Waals surface area contributed by atoms with Gasteiger partial charge in [-0.3, -0.25) is 4.79 Å². The molecule has 1 saturated heterocycles. The Balaban J connectivity index is 2.10. The first-order valence-corrected chi connectivity index (χ1v) is 5.45. The molecule has 3 atom stereocenters. The van der Waals surface area contributed by atoms with Gasteiger partial charge in [-0.15, -0.1) is 0 Å². The van der Waals surface area contributed by atoms with Crippen molar-refractivity contribution in [3.63, 3.8) is 0 Å². The third-order valence-corrected chi connectivity index (χ3v) is 3.56. The fourth-order valence-electron chi connectivity index (χ4n) is 2.09. The van der Waals surface area contributed by atoms with Crippen LogP contribution < -0.4 is 10.6 Å². The molecule has 2 fully saturated rings. The molecule has 0 aromatic heterocycles. The molecule has 6 heteroatoms. The zero-order valence-corrected chi connectivity index (χ0v) is 9.03. The van der Waals surface area contributed by atoms with E-state index in [9.17, 15) is 18.0 Å². The molecule has 2 N–H and O–H groups in total. The summed E-state index contributed by atoms with van der Waals surface area (Å²) in [6, 6.07) is -0.0627. The molecule has 1 aliphatic carbocycles. The van der Waals surface area contributed by atoms with Crippen LogP contribution in [0.1, 0.15) is 19.8 Å². The standard InChI is InChI=1S/C10H15F3N2O/c1-6-4-7(6)15-8(16)9(10(11,12)13)2-3-14-5-9/h6-7,14H,2-5H2,1H3,(H,15,16). The lowest BCUT2D eigenvalue weighted by Gasteiger charge is -2.29. The topological polar surface area (TPSA) is 41.1 Å². The summed E-state index contributed by atoms with van der Waals surface area (Å²) < 4.78 is 38.8. The van der Waals surface area contributed by atoms with E-state index in [4.69, 9.17) is 0 Å². The van der Waals surface area contributed by atoms with Gasteiger partial charge in [-0.2, -0.15) is 13.2 Å². The maximum Gasteiger partial charge on any atom is 0.404 e. The average Bonchev–Trinajstić information content (AvgIpc) is 2.70. The third kappa shape index (κ3) is 1.79. The zero-order valence-electron chi connectivity index (χ0n) is 9.03. The average molecular weight is 236 g/mol. The second-order valence-electron chi connectivity index (χ2n) is 4.80. The minimum absolute atomic E-state index is 0.0627. The molecule has 2 aliphatic rings. The molecule has 1 amide bonds. The highest BCUT2D eigenvalue weighted by Gasteiger charge is 2.62. The number of hydrogen-bond acceptors (Lipinski definition) is 2. The molecule has 16 heavy (non-hydrogen) atoms. The quantitative estimate of drug-likeness (QED) is 0.752. The Labute approximate surface area is 91.8 Å². The minimum Gasteiger partial charge on any atom is -0.352 e. The van der Waals surface area contributed by atoms with Gasteiger partial charge in [-0.05, 0) is 25.3 Å². The number of carbonyl (C=O) groups is 1. The van der Waals surface area contributed by atoms with Gasteiger partial charge in [0.25, 0.3) is 0 Å². The summed E-state index contributed by atoms with van der Waals surface area (Å²) >= 11 is 0. The van der Waals surface area contributed by atoms with E-state index in [0.717, 1.165) is 6.42 Å². The fraction of sp³-hybridized carbons (Fsp3) is 0.900. The van der Waals surface area contributed by atoms with Crippen molar-refractivity contribution in [2.45, 2.75) is 32.0 Å². The number of nitrogens with one attached hydrogen (secondary N) is 2. The van der Waals surface area contributed by atoms with Crippen molar-refractivity contribution in [1.29, 1.82) is 0 Å². The van der Waals surface area contributed by atoms with Crippen molar-refractivity contribution in [2.24, 2.45) is 11.3 Å². The van der Waals surface area contributed by atoms with Gasteiger partial charge >= 0.3 is 6.18 Å². The number of amides is 1. The van der Waals surface area contributed by atoms with Gasteiger partial charge < -0.3 is 10.6 Å². The molecule has 1 saturated carbocycles. The predicted molar refractivity (Wildman–Crippen MR) is 51.7 cm³/mol. The van der Waals surface area contributed by atoms with Gasteiger partial charge in [0, 0.05) is 12.6 Å². The monoisotopic (exact) mass is 236 g/mol. The minimum atomic E-state index is -4.47. The first-order valence-electron chi connectivity index (χ1n) is 5.45. The summed E-state index contributed by atoms with van der Waals surface area (Å²) in [5.74, 6) is -0.553. The van der Waals surface area contributed by atoms with E-state index >= 15 is 0 Å². The summed E-state index contributed by atoms with van der Waals surface area (Å²) in [6.07, 6.45) is -3.85. The van der Waals surface area contributed by atoms with E-state index in [1.807, 2.05) is 6.92 Å². The van der Waals surface area contributed by atoms with E-state index in [2.05, 4.69) is 10.6 Å². The van der Waals surface area contributed by atoms with E-state index in [-0.39, 0.29) is 25.6 Å². The van der Waals surface area contributed by atoms with Crippen LogP contribution >= 0.6 is 0 Å².